The van der Waals surface area contributed by atoms with Crippen LogP contribution in [0.2, 0.25) is 0 Å². The fourth-order valence-corrected chi connectivity index (χ4v) is 2.91. The Morgan fingerprint density at radius 1 is 1.29 bits per heavy atom. The summed E-state index contributed by atoms with van der Waals surface area (Å²) in [7, 11) is 0. The fraction of sp³-hybridized carbons (Fsp3) is 0.500. The van der Waals surface area contributed by atoms with Gasteiger partial charge in [0.05, 0.1) is 49.8 Å². The van der Waals surface area contributed by atoms with E-state index >= 15 is 0 Å². The van der Waals surface area contributed by atoms with Gasteiger partial charge in [0.25, 0.3) is 0 Å². The van der Waals surface area contributed by atoms with Crippen LogP contribution < -0.4 is 15.2 Å². The molecule has 0 bridgehead atoms. The number of rotatable bonds is 2. The molecule has 1 aromatic heterocycles. The average molecular weight is 287 g/mol. The van der Waals surface area contributed by atoms with E-state index in [4.69, 9.17) is 4.74 Å². The van der Waals surface area contributed by atoms with Crippen molar-refractivity contribution in [1.29, 1.82) is 0 Å². The zero-order chi connectivity index (χ0) is 14.2. The number of morpholine rings is 1. The number of pyridine rings is 1. The molecule has 0 saturated carbocycles. The van der Waals surface area contributed by atoms with Crippen molar-refractivity contribution < 1.29 is 9.53 Å². The van der Waals surface area contributed by atoms with Gasteiger partial charge in [0.15, 0.2) is 0 Å². The third-order valence-corrected chi connectivity index (χ3v) is 4.13. The van der Waals surface area contributed by atoms with Crippen LogP contribution in [0.25, 0.3) is 0 Å². The molecule has 1 N–H and O–H groups in total. The van der Waals surface area contributed by atoms with Crippen LogP contribution >= 0.6 is 0 Å². The number of hydrogen-bond acceptors (Lipinski definition) is 6. The Hall–Kier alpha value is -2.15. The second-order valence-corrected chi connectivity index (χ2v) is 5.42. The van der Waals surface area contributed by atoms with E-state index in [1.165, 1.54) is 0 Å². The Kier molecular flexibility index (Phi) is 2.99. The zero-order valence-corrected chi connectivity index (χ0v) is 11.7. The van der Waals surface area contributed by atoms with Gasteiger partial charge in [-0.05, 0) is 12.1 Å². The van der Waals surface area contributed by atoms with E-state index < -0.39 is 0 Å². The van der Waals surface area contributed by atoms with Crippen LogP contribution in [0.5, 0.6) is 0 Å². The van der Waals surface area contributed by atoms with Crippen molar-refractivity contribution >= 4 is 23.1 Å². The summed E-state index contributed by atoms with van der Waals surface area (Å²) in [6, 6.07) is 4.02. The van der Waals surface area contributed by atoms with Gasteiger partial charge in [0.2, 0.25) is 5.91 Å². The van der Waals surface area contributed by atoms with Crippen molar-refractivity contribution in [2.45, 2.75) is 0 Å². The van der Waals surface area contributed by atoms with E-state index in [2.05, 4.69) is 20.3 Å². The molecule has 3 aliphatic heterocycles. The quantitative estimate of drug-likeness (QED) is 0.818. The van der Waals surface area contributed by atoms with Crippen molar-refractivity contribution in [2.24, 2.45) is 11.0 Å². The largest absolute Gasteiger partial charge is 0.378 e. The first-order valence-corrected chi connectivity index (χ1v) is 7.22. The summed E-state index contributed by atoms with van der Waals surface area (Å²) in [5.74, 6) is 0.949. The van der Waals surface area contributed by atoms with Crippen molar-refractivity contribution in [2.75, 3.05) is 49.3 Å². The van der Waals surface area contributed by atoms with E-state index in [-0.39, 0.29) is 11.8 Å². The van der Waals surface area contributed by atoms with Crippen molar-refractivity contribution in [3.63, 3.8) is 0 Å². The average Bonchev–Trinajstić information content (AvgIpc) is 3.11. The third kappa shape index (κ3) is 2.23. The molecule has 3 aliphatic rings. The van der Waals surface area contributed by atoms with Gasteiger partial charge in [-0.15, -0.1) is 0 Å². The number of carbonyl (C=O) groups is 1. The maximum Gasteiger partial charge on any atom is 0.231 e. The highest BCUT2D eigenvalue weighted by Gasteiger charge is 2.37. The highest BCUT2D eigenvalue weighted by Crippen LogP contribution is 2.25. The van der Waals surface area contributed by atoms with E-state index in [9.17, 15) is 4.79 Å². The summed E-state index contributed by atoms with van der Waals surface area (Å²) >= 11 is 0. The lowest BCUT2D eigenvalue weighted by Gasteiger charge is -2.28. The molecule has 0 aliphatic carbocycles. The Morgan fingerprint density at radius 3 is 2.86 bits per heavy atom. The summed E-state index contributed by atoms with van der Waals surface area (Å²) in [4.78, 5) is 18.4. The molecule has 4 heterocycles. The predicted octanol–water partition coefficient (Wildman–Crippen LogP) is -0.160. The number of nitrogens with zero attached hydrogens (tertiary/aromatic N) is 4. The molecule has 1 unspecified atom stereocenters. The van der Waals surface area contributed by atoms with Gasteiger partial charge in [-0.1, -0.05) is 0 Å². The number of nitrogens with one attached hydrogen (secondary N) is 1. The van der Waals surface area contributed by atoms with Gasteiger partial charge in [-0.25, -0.2) is 4.98 Å². The number of amides is 1. The zero-order valence-electron chi connectivity index (χ0n) is 11.7. The van der Waals surface area contributed by atoms with E-state index in [0.717, 1.165) is 43.5 Å². The van der Waals surface area contributed by atoms with Crippen LogP contribution in [0.3, 0.4) is 0 Å². The molecule has 1 atom stereocenters. The molecule has 1 aromatic rings. The van der Waals surface area contributed by atoms with E-state index in [1.54, 1.807) is 0 Å². The Balaban J connectivity index is 1.49. The van der Waals surface area contributed by atoms with Gasteiger partial charge in [0, 0.05) is 13.1 Å². The van der Waals surface area contributed by atoms with Gasteiger partial charge < -0.3 is 15.0 Å². The monoisotopic (exact) mass is 287 g/mol. The molecule has 110 valence electrons. The molecule has 2 saturated heterocycles. The highest BCUT2D eigenvalue weighted by molar-refractivity contribution is 6.13. The second-order valence-electron chi connectivity index (χ2n) is 5.42. The van der Waals surface area contributed by atoms with E-state index in [1.807, 2.05) is 23.3 Å². The Bertz CT molecular complexity index is 580. The minimum atomic E-state index is -0.0936. The number of fused-ring (bicyclic) bond motifs is 1. The number of anilines is 2. The van der Waals surface area contributed by atoms with Crippen LogP contribution in [0.1, 0.15) is 0 Å². The van der Waals surface area contributed by atoms with Crippen LogP contribution in [0.4, 0.5) is 11.5 Å². The SMILES string of the molecule is O=C1NCC2=NN(c3ccc(N4CCOCC4)nc3)CC12. The topological polar surface area (TPSA) is 70.1 Å². The lowest BCUT2D eigenvalue weighted by molar-refractivity contribution is -0.121. The Labute approximate surface area is 122 Å². The summed E-state index contributed by atoms with van der Waals surface area (Å²) < 4.78 is 5.35. The first-order valence-electron chi connectivity index (χ1n) is 7.22. The molecule has 0 radical (unpaired) electrons. The molecule has 21 heavy (non-hydrogen) atoms. The Morgan fingerprint density at radius 2 is 2.14 bits per heavy atom. The number of aromatic nitrogens is 1. The smallest absolute Gasteiger partial charge is 0.231 e. The van der Waals surface area contributed by atoms with Crippen LogP contribution in [-0.2, 0) is 9.53 Å². The number of carbonyl (C=O) groups excluding carboxylic acids is 1. The van der Waals surface area contributed by atoms with Crippen molar-refractivity contribution in [3.05, 3.63) is 18.3 Å². The molecular formula is C14H17N5O2. The highest BCUT2D eigenvalue weighted by atomic mass is 16.5. The first kappa shape index (κ1) is 12.6. The number of ether oxygens (including phenoxy) is 1. The summed E-state index contributed by atoms with van der Waals surface area (Å²) in [6.07, 6.45) is 1.83. The predicted molar refractivity (Wildman–Crippen MR) is 78.5 cm³/mol. The van der Waals surface area contributed by atoms with E-state index in [0.29, 0.717) is 13.1 Å². The van der Waals surface area contributed by atoms with Gasteiger partial charge in [-0.2, -0.15) is 5.10 Å². The minimum Gasteiger partial charge on any atom is -0.378 e. The second kappa shape index (κ2) is 5.00. The van der Waals surface area contributed by atoms with Gasteiger partial charge in [0.1, 0.15) is 5.82 Å². The third-order valence-electron chi connectivity index (χ3n) is 4.13. The normalized spacial score (nSPS) is 24.9. The first-order chi connectivity index (χ1) is 10.3. The standard InChI is InChI=1S/C14H17N5O2/c20-14-11-9-19(17-12(11)8-16-14)10-1-2-13(15-7-10)18-3-5-21-6-4-18/h1-2,7,11H,3-6,8-9H2,(H,16,20). The van der Waals surface area contributed by atoms with Crippen LogP contribution in [0.15, 0.2) is 23.4 Å². The summed E-state index contributed by atoms with van der Waals surface area (Å²) in [5.41, 5.74) is 1.86. The number of hydrazone groups is 1. The molecule has 7 nitrogen and oxygen atoms in total. The number of hydrogen-bond donors (Lipinski definition) is 1. The molecule has 7 heteroatoms. The maximum atomic E-state index is 11.6. The van der Waals surface area contributed by atoms with Gasteiger partial charge >= 0.3 is 0 Å². The fourth-order valence-electron chi connectivity index (χ4n) is 2.91. The van der Waals surface area contributed by atoms with Crippen molar-refractivity contribution in [3.8, 4) is 0 Å². The lowest BCUT2D eigenvalue weighted by atomic mass is 10.1. The maximum absolute atomic E-state index is 11.6. The molecule has 0 spiro atoms. The molecule has 4 rings (SSSR count). The van der Waals surface area contributed by atoms with Crippen LogP contribution in [0, 0.1) is 5.92 Å². The molecule has 0 aromatic carbocycles. The lowest BCUT2D eigenvalue weighted by Crippen LogP contribution is -2.36. The molecule has 1 amide bonds. The molecule has 2 fully saturated rings. The van der Waals surface area contributed by atoms with Crippen LogP contribution in [-0.4, -0.2) is 56.0 Å². The summed E-state index contributed by atoms with van der Waals surface area (Å²) in [6.45, 7) is 4.43. The summed E-state index contributed by atoms with van der Waals surface area (Å²) in [5, 5.41) is 9.19. The minimum absolute atomic E-state index is 0.0779. The van der Waals surface area contributed by atoms with Gasteiger partial charge in [-0.3, -0.25) is 9.80 Å². The molecular weight excluding hydrogens is 270 g/mol. The van der Waals surface area contributed by atoms with Crippen molar-refractivity contribution in [1.82, 2.24) is 10.3 Å².